The van der Waals surface area contributed by atoms with Crippen molar-refractivity contribution < 1.29 is 34.5 Å². The molecule has 2 amide bonds. The van der Waals surface area contributed by atoms with Gasteiger partial charge < -0.3 is 26.4 Å². The molecule has 14 heteroatoms. The molecule has 1 aromatic carbocycles. The van der Waals surface area contributed by atoms with Crippen LogP contribution in [0.1, 0.15) is 21.6 Å². The van der Waals surface area contributed by atoms with E-state index in [4.69, 9.17) is 17.3 Å². The number of aliphatic carboxylic acids is 1. The molecule has 3 heterocycles. The van der Waals surface area contributed by atoms with Crippen LogP contribution in [0.4, 0.5) is 5.13 Å². The van der Waals surface area contributed by atoms with Crippen LogP contribution >= 0.6 is 34.7 Å². The van der Waals surface area contributed by atoms with Gasteiger partial charge in [-0.1, -0.05) is 17.7 Å². The first-order valence-corrected chi connectivity index (χ1v) is 12.3. The van der Waals surface area contributed by atoms with E-state index in [2.05, 4.69) is 10.3 Å². The van der Waals surface area contributed by atoms with Gasteiger partial charge in [-0.05, 0) is 29.7 Å². The summed E-state index contributed by atoms with van der Waals surface area (Å²) < 4.78 is 0. The van der Waals surface area contributed by atoms with E-state index < -0.39 is 40.9 Å². The Morgan fingerprint density at radius 3 is 2.63 bits per heavy atom. The number of anilines is 1. The Bertz CT molecular complexity index is 1320. The van der Waals surface area contributed by atoms with E-state index in [1.807, 2.05) is 0 Å². The molecule has 1 saturated heterocycles. The first-order valence-electron chi connectivity index (χ1n) is 9.90. The molecule has 2 aliphatic rings. The van der Waals surface area contributed by atoms with Crippen LogP contribution in [-0.4, -0.2) is 66.1 Å². The molecule has 35 heavy (non-hydrogen) atoms. The van der Waals surface area contributed by atoms with Crippen molar-refractivity contribution in [1.29, 1.82) is 0 Å². The molecule has 2 atom stereocenters. The number of carbonyl (C=O) groups excluding carboxylic acids is 2. The second-order valence-corrected chi connectivity index (χ2v) is 9.76. The molecular weight excluding hydrogens is 520 g/mol. The van der Waals surface area contributed by atoms with Crippen molar-refractivity contribution in [2.75, 3.05) is 11.5 Å². The molecule has 2 aliphatic heterocycles. The van der Waals surface area contributed by atoms with Crippen molar-refractivity contribution in [3.63, 3.8) is 0 Å². The van der Waals surface area contributed by atoms with E-state index >= 15 is 0 Å². The van der Waals surface area contributed by atoms with Crippen LogP contribution < -0.4 is 11.1 Å². The number of carboxylic acids is 2. The number of thioether (sulfide) groups is 1. The van der Waals surface area contributed by atoms with Gasteiger partial charge in [0.2, 0.25) is 0 Å². The number of nitrogens with two attached hydrogens (primary N) is 1. The molecule has 0 bridgehead atoms. The molecule has 0 aliphatic carbocycles. The number of β-lactam (4-membered cyclic amide) rings is 1. The van der Waals surface area contributed by atoms with Crippen LogP contribution in [0.25, 0.3) is 5.57 Å². The average Bonchev–Trinajstić information content (AvgIpc) is 3.24. The minimum atomic E-state index is -1.32. The quantitative estimate of drug-likeness (QED) is 0.258. The number of thiazole rings is 1. The van der Waals surface area contributed by atoms with Crippen molar-refractivity contribution in [2.24, 2.45) is 0 Å². The van der Waals surface area contributed by atoms with Gasteiger partial charge in [0, 0.05) is 16.7 Å². The highest BCUT2D eigenvalue weighted by atomic mass is 35.5. The fourth-order valence-corrected chi connectivity index (χ4v) is 5.90. The summed E-state index contributed by atoms with van der Waals surface area (Å²) in [4.78, 5) is 54.1. The van der Waals surface area contributed by atoms with E-state index in [1.165, 1.54) is 30.0 Å². The largest absolute Gasteiger partial charge is 0.507 e. The highest BCUT2D eigenvalue weighted by Crippen LogP contribution is 2.41. The lowest BCUT2D eigenvalue weighted by Gasteiger charge is -2.49. The summed E-state index contributed by atoms with van der Waals surface area (Å²) >= 11 is 8.17. The number of fused-ring (bicyclic) bond motifs is 1. The molecule has 0 spiro atoms. The zero-order chi connectivity index (χ0) is 25.4. The molecule has 6 N–H and O–H groups in total. The van der Waals surface area contributed by atoms with E-state index in [9.17, 15) is 34.5 Å². The van der Waals surface area contributed by atoms with Gasteiger partial charge in [0.05, 0.1) is 11.3 Å². The molecule has 2 aromatic rings. The van der Waals surface area contributed by atoms with Crippen LogP contribution in [-0.2, 0) is 20.8 Å². The topological polar surface area (TPSA) is 183 Å². The lowest BCUT2D eigenvalue weighted by molar-refractivity contribution is -0.150. The highest BCUT2D eigenvalue weighted by molar-refractivity contribution is 8.00. The van der Waals surface area contributed by atoms with Gasteiger partial charge in [-0.25, -0.2) is 14.6 Å². The molecule has 0 saturated carbocycles. The number of halogens is 1. The Morgan fingerprint density at radius 1 is 1.29 bits per heavy atom. The maximum atomic E-state index is 12.9. The molecule has 1 fully saturated rings. The Hall–Kier alpha value is -3.55. The number of rotatable bonds is 7. The highest BCUT2D eigenvalue weighted by Gasteiger charge is 2.54. The number of nitrogens with one attached hydrogen (secondary N) is 1. The number of aromatic carboxylic acids is 1. The maximum Gasteiger partial charge on any atom is 0.352 e. The van der Waals surface area contributed by atoms with Gasteiger partial charge in [0.15, 0.2) is 5.13 Å². The minimum absolute atomic E-state index is 0.0166. The summed E-state index contributed by atoms with van der Waals surface area (Å²) in [6.07, 6.45) is 0.0626. The van der Waals surface area contributed by atoms with Crippen molar-refractivity contribution >= 4 is 69.2 Å². The van der Waals surface area contributed by atoms with Crippen molar-refractivity contribution in [3.8, 4) is 5.75 Å². The number of hydrogen-bond acceptors (Lipinski definition) is 9. The number of nitrogen functional groups attached to an aromatic ring is 1. The molecule has 0 unspecified atom stereocenters. The predicted molar refractivity (Wildman–Crippen MR) is 129 cm³/mol. The first kappa shape index (κ1) is 24.6. The fourth-order valence-electron chi connectivity index (χ4n) is 3.78. The molecule has 182 valence electrons. The number of nitrogens with zero attached hydrogens (tertiary/aromatic N) is 2. The Kier molecular flexibility index (Phi) is 6.74. The van der Waals surface area contributed by atoms with Crippen LogP contribution in [0.15, 0.2) is 40.4 Å². The maximum absolute atomic E-state index is 12.9. The minimum Gasteiger partial charge on any atom is -0.507 e. The summed E-state index contributed by atoms with van der Waals surface area (Å²) in [6, 6.07) is 2.99. The molecule has 11 nitrogen and oxygen atoms in total. The zero-order valence-electron chi connectivity index (χ0n) is 17.6. The number of carboxylic acid groups (broad SMARTS) is 2. The molecule has 0 radical (unpaired) electrons. The van der Waals surface area contributed by atoms with Gasteiger partial charge in [-0.3, -0.25) is 14.5 Å². The van der Waals surface area contributed by atoms with Gasteiger partial charge in [-0.15, -0.1) is 23.1 Å². The van der Waals surface area contributed by atoms with Crippen LogP contribution in [0.5, 0.6) is 5.75 Å². The van der Waals surface area contributed by atoms with E-state index in [0.717, 1.165) is 21.8 Å². The van der Waals surface area contributed by atoms with Gasteiger partial charge in [0.1, 0.15) is 28.4 Å². The van der Waals surface area contributed by atoms with Crippen LogP contribution in [0.3, 0.4) is 0 Å². The number of carbonyl (C=O) groups is 4. The Morgan fingerprint density at radius 2 is 2.03 bits per heavy atom. The third kappa shape index (κ3) is 4.57. The lowest BCUT2D eigenvalue weighted by Crippen LogP contribution is -2.70. The fraction of sp³-hybridized carbons (Fsp3) is 0.190. The third-order valence-corrected chi connectivity index (χ3v) is 7.63. The number of hydrogen-bond donors (Lipinski definition) is 5. The number of amides is 2. The second kappa shape index (κ2) is 9.60. The number of phenols is 1. The summed E-state index contributed by atoms with van der Waals surface area (Å²) in [5, 5.41) is 32.5. The van der Waals surface area contributed by atoms with Crippen molar-refractivity contribution in [1.82, 2.24) is 15.2 Å². The van der Waals surface area contributed by atoms with Crippen molar-refractivity contribution in [3.05, 3.63) is 57.2 Å². The lowest BCUT2D eigenvalue weighted by atomic mass is 9.97. The summed E-state index contributed by atoms with van der Waals surface area (Å²) in [5.41, 5.74) is 7.24. The normalized spacial score (nSPS) is 19.7. The Balaban J connectivity index is 1.54. The number of aromatic nitrogens is 1. The third-order valence-electron chi connectivity index (χ3n) is 5.40. The Labute approximate surface area is 210 Å². The standard InChI is InChI=1S/C21H17ClN4O7S2/c22-5-11(12-7-35-21(23)24-12)16(28)25-14-17(29)26-15(20(32)33)9(6-34-18(14)26)3-8-1-2-13(27)10(4-8)19(30)31/h1-2,4-5,7,14,18,27H,3,6H2,(H2,23,24)(H,25,28)(H,30,31)(H,32,33)/t14-,18+/m1/s1. The van der Waals surface area contributed by atoms with E-state index in [0.29, 0.717) is 11.1 Å². The summed E-state index contributed by atoms with van der Waals surface area (Å²) in [6.45, 7) is 0. The SMILES string of the molecule is Nc1nc(C(=CCl)C(=O)N[C@@H]2C(=O)N3C(C(=O)O)=C(Cc4ccc(O)c(C(=O)O)c4)CS[C@@H]23)cs1. The van der Waals surface area contributed by atoms with Crippen LogP contribution in [0, 0.1) is 0 Å². The molecule has 1 aromatic heterocycles. The average molecular weight is 537 g/mol. The monoisotopic (exact) mass is 536 g/mol. The summed E-state index contributed by atoms with van der Waals surface area (Å²) in [5.74, 6) is -4.08. The van der Waals surface area contributed by atoms with E-state index in [1.54, 1.807) is 5.38 Å². The summed E-state index contributed by atoms with van der Waals surface area (Å²) in [7, 11) is 0. The zero-order valence-corrected chi connectivity index (χ0v) is 20.0. The van der Waals surface area contributed by atoms with Crippen LogP contribution in [0.2, 0.25) is 0 Å². The molecular formula is C21H17ClN4O7S2. The molecule has 4 rings (SSSR count). The van der Waals surface area contributed by atoms with Crippen molar-refractivity contribution in [2.45, 2.75) is 17.8 Å². The number of benzene rings is 1. The van der Waals surface area contributed by atoms with Gasteiger partial charge in [0.25, 0.3) is 11.8 Å². The number of aromatic hydroxyl groups is 1. The smallest absolute Gasteiger partial charge is 0.352 e. The predicted octanol–water partition coefficient (Wildman–Crippen LogP) is 1.69. The van der Waals surface area contributed by atoms with Gasteiger partial charge in [-0.2, -0.15) is 0 Å². The first-order chi connectivity index (χ1) is 16.6. The second-order valence-electron chi connectivity index (χ2n) is 7.55. The van der Waals surface area contributed by atoms with Gasteiger partial charge >= 0.3 is 11.9 Å². The van der Waals surface area contributed by atoms with E-state index in [-0.39, 0.29) is 39.8 Å².